The molecule has 2 aliphatic rings. The first kappa shape index (κ1) is 23.3. The van der Waals surface area contributed by atoms with Crippen LogP contribution < -0.4 is 5.32 Å². The second-order valence-electron chi connectivity index (χ2n) is 8.18. The van der Waals surface area contributed by atoms with E-state index in [9.17, 15) is 14.4 Å². The zero-order chi connectivity index (χ0) is 22.9. The molecule has 3 rings (SSSR count). The predicted octanol–water partition coefficient (Wildman–Crippen LogP) is 4.40. The minimum atomic E-state index is -0.902. The van der Waals surface area contributed by atoms with Crippen molar-refractivity contribution in [2.24, 2.45) is 11.8 Å². The number of ketones is 1. The topological polar surface area (TPSA) is 81.7 Å². The fourth-order valence-electron chi connectivity index (χ4n) is 4.30. The number of hydrogen-bond acceptors (Lipinski definition) is 6. The summed E-state index contributed by atoms with van der Waals surface area (Å²) in [6.07, 6.45) is 0.931. The van der Waals surface area contributed by atoms with Crippen molar-refractivity contribution in [2.75, 3.05) is 7.11 Å². The molecule has 0 aromatic heterocycles. The lowest BCUT2D eigenvalue weighted by molar-refractivity contribution is -0.151. The van der Waals surface area contributed by atoms with Gasteiger partial charge < -0.3 is 14.8 Å². The van der Waals surface area contributed by atoms with Crippen LogP contribution in [-0.4, -0.2) is 30.9 Å². The number of dihydropyridines is 1. The van der Waals surface area contributed by atoms with Gasteiger partial charge in [0.05, 0.1) is 18.8 Å². The standard InChI is InChI=1S/C24H28BrNO5/c1-6-13(3)31-24(29)19-14(4)26-17-11-12(2)18(23(28)30-5)22(27)21(17)20(19)15-9-7-8-10-16(15)25/h7-10,12-13,18,20,26H,6,11H2,1-5H3/t12-,13+,18-,20+/m0/s1. The van der Waals surface area contributed by atoms with Gasteiger partial charge in [0.15, 0.2) is 5.78 Å². The zero-order valence-electron chi connectivity index (χ0n) is 18.5. The van der Waals surface area contributed by atoms with Gasteiger partial charge in [-0.15, -0.1) is 0 Å². The summed E-state index contributed by atoms with van der Waals surface area (Å²) < 4.78 is 11.4. The van der Waals surface area contributed by atoms with Gasteiger partial charge in [-0.1, -0.05) is 48.0 Å². The van der Waals surface area contributed by atoms with Crippen LogP contribution in [0.25, 0.3) is 0 Å². The first-order chi connectivity index (χ1) is 14.7. The van der Waals surface area contributed by atoms with Crippen LogP contribution in [0.5, 0.6) is 0 Å². The van der Waals surface area contributed by atoms with E-state index in [0.717, 1.165) is 15.7 Å². The monoisotopic (exact) mass is 489 g/mol. The maximum Gasteiger partial charge on any atom is 0.337 e. The highest BCUT2D eigenvalue weighted by Crippen LogP contribution is 2.47. The third-order valence-corrected chi connectivity index (χ3v) is 6.78. The van der Waals surface area contributed by atoms with Crippen molar-refractivity contribution < 1.29 is 23.9 Å². The van der Waals surface area contributed by atoms with Gasteiger partial charge in [0, 0.05) is 27.4 Å². The molecule has 0 radical (unpaired) electrons. The lowest BCUT2D eigenvalue weighted by Crippen LogP contribution is -2.43. The van der Waals surface area contributed by atoms with E-state index in [0.29, 0.717) is 29.7 Å². The van der Waals surface area contributed by atoms with Crippen molar-refractivity contribution in [3.8, 4) is 0 Å². The van der Waals surface area contributed by atoms with Crippen molar-refractivity contribution in [3.63, 3.8) is 0 Å². The molecule has 4 atom stereocenters. The van der Waals surface area contributed by atoms with Crippen molar-refractivity contribution in [2.45, 2.75) is 52.6 Å². The third-order valence-electron chi connectivity index (χ3n) is 6.06. The SMILES string of the molecule is CC[C@@H](C)OC(=O)C1=C(C)NC2=C(C(=O)[C@@H](C(=O)OC)[C@@H](C)C2)[C@@H]1c1ccccc1Br. The molecule has 1 aromatic carbocycles. The minimum Gasteiger partial charge on any atom is -0.468 e. The van der Waals surface area contributed by atoms with Crippen LogP contribution in [0.15, 0.2) is 51.3 Å². The van der Waals surface area contributed by atoms with Gasteiger partial charge in [0.2, 0.25) is 0 Å². The number of esters is 2. The van der Waals surface area contributed by atoms with Gasteiger partial charge >= 0.3 is 11.9 Å². The number of benzene rings is 1. The fourth-order valence-corrected chi connectivity index (χ4v) is 4.81. The van der Waals surface area contributed by atoms with E-state index in [-0.39, 0.29) is 17.8 Å². The Bertz CT molecular complexity index is 980. The van der Waals surface area contributed by atoms with E-state index in [1.54, 1.807) is 0 Å². The third kappa shape index (κ3) is 4.33. The first-order valence-electron chi connectivity index (χ1n) is 10.5. The molecule has 166 valence electrons. The lowest BCUT2D eigenvalue weighted by Gasteiger charge is -2.38. The molecule has 1 N–H and O–H groups in total. The Morgan fingerprint density at radius 2 is 1.97 bits per heavy atom. The number of hydrogen-bond donors (Lipinski definition) is 1. The van der Waals surface area contributed by atoms with Gasteiger partial charge in [0.1, 0.15) is 5.92 Å². The van der Waals surface area contributed by atoms with Gasteiger partial charge in [-0.25, -0.2) is 4.79 Å². The molecule has 31 heavy (non-hydrogen) atoms. The normalized spacial score (nSPS) is 24.3. The summed E-state index contributed by atoms with van der Waals surface area (Å²) in [6, 6.07) is 7.49. The van der Waals surface area contributed by atoms with E-state index in [4.69, 9.17) is 9.47 Å². The number of methoxy groups -OCH3 is 1. The number of Topliss-reactive ketones (excluding diaryl/α,β-unsaturated/α-hetero) is 1. The molecule has 1 aromatic rings. The van der Waals surface area contributed by atoms with Crippen molar-refractivity contribution in [1.82, 2.24) is 5.32 Å². The van der Waals surface area contributed by atoms with Crippen molar-refractivity contribution >= 4 is 33.7 Å². The van der Waals surface area contributed by atoms with Gasteiger partial charge in [-0.2, -0.15) is 0 Å². The molecule has 0 amide bonds. The van der Waals surface area contributed by atoms with Crippen LogP contribution in [0.1, 0.15) is 52.0 Å². The zero-order valence-corrected chi connectivity index (χ0v) is 20.0. The molecule has 6 nitrogen and oxygen atoms in total. The van der Waals surface area contributed by atoms with Crippen LogP contribution in [0, 0.1) is 11.8 Å². The molecule has 1 aliphatic carbocycles. The summed E-state index contributed by atoms with van der Waals surface area (Å²) in [5, 5.41) is 3.27. The summed E-state index contributed by atoms with van der Waals surface area (Å²) in [4.78, 5) is 39.3. The van der Waals surface area contributed by atoms with Gasteiger partial charge in [-0.05, 0) is 44.2 Å². The Labute approximate surface area is 191 Å². The molecular weight excluding hydrogens is 462 g/mol. The second kappa shape index (κ2) is 9.39. The number of nitrogens with one attached hydrogen (secondary N) is 1. The molecule has 0 fully saturated rings. The van der Waals surface area contributed by atoms with Gasteiger partial charge in [-0.3, -0.25) is 9.59 Å². The van der Waals surface area contributed by atoms with E-state index in [1.165, 1.54) is 7.11 Å². The molecule has 0 saturated heterocycles. The van der Waals surface area contributed by atoms with E-state index >= 15 is 0 Å². The Kier molecular flexibility index (Phi) is 7.04. The summed E-state index contributed by atoms with van der Waals surface area (Å²) in [6.45, 7) is 7.46. The maximum atomic E-state index is 13.6. The van der Waals surface area contributed by atoms with Crippen molar-refractivity contribution in [3.05, 3.63) is 56.8 Å². The maximum absolute atomic E-state index is 13.6. The van der Waals surface area contributed by atoms with E-state index in [2.05, 4.69) is 21.2 Å². The van der Waals surface area contributed by atoms with E-state index < -0.39 is 23.8 Å². The molecule has 0 bridgehead atoms. The van der Waals surface area contributed by atoms with Crippen LogP contribution in [0.3, 0.4) is 0 Å². The smallest absolute Gasteiger partial charge is 0.337 e. The van der Waals surface area contributed by atoms with E-state index in [1.807, 2.05) is 52.0 Å². The summed E-state index contributed by atoms with van der Waals surface area (Å²) in [7, 11) is 1.29. The highest BCUT2D eigenvalue weighted by molar-refractivity contribution is 9.10. The molecule has 1 aliphatic heterocycles. The minimum absolute atomic E-state index is 0.215. The summed E-state index contributed by atoms with van der Waals surface area (Å²) >= 11 is 3.58. The average Bonchev–Trinajstić information content (AvgIpc) is 2.72. The Morgan fingerprint density at radius 3 is 2.58 bits per heavy atom. The highest BCUT2D eigenvalue weighted by Gasteiger charge is 2.47. The highest BCUT2D eigenvalue weighted by atomic mass is 79.9. The predicted molar refractivity (Wildman–Crippen MR) is 120 cm³/mol. The van der Waals surface area contributed by atoms with Crippen molar-refractivity contribution in [1.29, 1.82) is 0 Å². The number of allylic oxidation sites excluding steroid dienone is 3. The quantitative estimate of drug-likeness (QED) is 0.487. The molecule has 1 heterocycles. The number of rotatable bonds is 5. The molecular formula is C24H28BrNO5. The number of halogens is 1. The fraction of sp³-hybridized carbons (Fsp3) is 0.458. The molecule has 0 spiro atoms. The van der Waals surface area contributed by atoms with Crippen LogP contribution in [0.2, 0.25) is 0 Å². The summed E-state index contributed by atoms with van der Waals surface area (Å²) in [5.74, 6) is -3.09. The molecule has 0 unspecified atom stereocenters. The Morgan fingerprint density at radius 1 is 1.29 bits per heavy atom. The van der Waals surface area contributed by atoms with Crippen LogP contribution >= 0.6 is 15.9 Å². The number of carbonyl (C=O) groups is 3. The van der Waals surface area contributed by atoms with Gasteiger partial charge in [0.25, 0.3) is 0 Å². The van der Waals surface area contributed by atoms with Crippen LogP contribution in [0.4, 0.5) is 0 Å². The largest absolute Gasteiger partial charge is 0.468 e. The molecule has 0 saturated carbocycles. The average molecular weight is 490 g/mol. The number of ether oxygens (including phenoxy) is 2. The number of carbonyl (C=O) groups excluding carboxylic acids is 3. The Hall–Kier alpha value is -2.41. The van der Waals surface area contributed by atoms with Crippen LogP contribution in [-0.2, 0) is 23.9 Å². The second-order valence-corrected chi connectivity index (χ2v) is 9.04. The lowest BCUT2D eigenvalue weighted by atomic mass is 9.69. The first-order valence-corrected chi connectivity index (χ1v) is 11.3. The summed E-state index contributed by atoms with van der Waals surface area (Å²) in [5.41, 5.74) is 3.00. The Balaban J connectivity index is 2.18. The molecule has 7 heteroatoms.